The fourth-order valence-corrected chi connectivity index (χ4v) is 0.384. The van der Waals surface area contributed by atoms with Crippen molar-refractivity contribution < 1.29 is 14.4 Å². The SMILES string of the molecule is CCC(=NOC(=O)NC)OC. The summed E-state index contributed by atoms with van der Waals surface area (Å²) in [7, 11) is 2.92. The summed E-state index contributed by atoms with van der Waals surface area (Å²) in [5.41, 5.74) is 0. The minimum atomic E-state index is -0.604. The molecular weight excluding hydrogens is 148 g/mol. The summed E-state index contributed by atoms with van der Waals surface area (Å²) in [6, 6.07) is 0. The van der Waals surface area contributed by atoms with E-state index in [0.717, 1.165) is 0 Å². The normalized spacial score (nSPS) is 10.6. The van der Waals surface area contributed by atoms with E-state index in [1.165, 1.54) is 14.2 Å². The van der Waals surface area contributed by atoms with Crippen LogP contribution in [0.2, 0.25) is 0 Å². The van der Waals surface area contributed by atoms with Crippen LogP contribution in [0.1, 0.15) is 13.3 Å². The molecule has 1 amide bonds. The Hall–Kier alpha value is -1.26. The van der Waals surface area contributed by atoms with E-state index >= 15 is 0 Å². The number of carbonyl (C=O) groups is 1. The Balaban J connectivity index is 3.78. The fraction of sp³-hybridized carbons (Fsp3) is 0.667. The second-order valence-electron chi connectivity index (χ2n) is 1.67. The number of methoxy groups -OCH3 is 1. The number of amides is 1. The molecule has 1 N–H and O–H groups in total. The molecule has 0 aliphatic heterocycles. The third-order valence-electron chi connectivity index (χ3n) is 0.973. The molecule has 0 aromatic heterocycles. The van der Waals surface area contributed by atoms with Gasteiger partial charge in [0.15, 0.2) is 0 Å². The van der Waals surface area contributed by atoms with Gasteiger partial charge in [0.25, 0.3) is 0 Å². The zero-order chi connectivity index (χ0) is 8.69. The summed E-state index contributed by atoms with van der Waals surface area (Å²) >= 11 is 0. The van der Waals surface area contributed by atoms with Crippen molar-refractivity contribution in [1.82, 2.24) is 5.32 Å². The number of nitrogens with zero attached hydrogens (tertiary/aromatic N) is 1. The van der Waals surface area contributed by atoms with Crippen LogP contribution in [0.25, 0.3) is 0 Å². The van der Waals surface area contributed by atoms with E-state index in [1.54, 1.807) is 0 Å². The van der Waals surface area contributed by atoms with Gasteiger partial charge in [-0.05, 0) is 5.16 Å². The maximum atomic E-state index is 10.5. The first-order chi connectivity index (χ1) is 5.24. The molecule has 0 saturated carbocycles. The molecule has 0 saturated heterocycles. The van der Waals surface area contributed by atoms with Gasteiger partial charge >= 0.3 is 6.09 Å². The van der Waals surface area contributed by atoms with Crippen LogP contribution in [-0.4, -0.2) is 26.1 Å². The second-order valence-corrected chi connectivity index (χ2v) is 1.67. The lowest BCUT2D eigenvalue weighted by Crippen LogP contribution is -2.17. The Labute approximate surface area is 65.4 Å². The minimum absolute atomic E-state index is 0.383. The number of rotatable bonds is 2. The van der Waals surface area contributed by atoms with Crippen LogP contribution in [0.4, 0.5) is 4.79 Å². The summed E-state index contributed by atoms with van der Waals surface area (Å²) in [6.07, 6.45) is -0.0129. The quantitative estimate of drug-likeness (QED) is 0.280. The standard InChI is InChI=1S/C6H12N2O3/c1-4-5(10-3)8-11-6(9)7-2/h4H2,1-3H3,(H,7,9). The highest BCUT2D eigenvalue weighted by Gasteiger charge is 1.98. The average molecular weight is 160 g/mol. The highest BCUT2D eigenvalue weighted by atomic mass is 16.7. The third-order valence-corrected chi connectivity index (χ3v) is 0.973. The summed E-state index contributed by atoms with van der Waals surface area (Å²) in [5, 5.41) is 5.66. The fourth-order valence-electron chi connectivity index (χ4n) is 0.384. The van der Waals surface area contributed by atoms with Crippen LogP contribution >= 0.6 is 0 Å². The minimum Gasteiger partial charge on any atom is -0.482 e. The first kappa shape index (κ1) is 9.74. The largest absolute Gasteiger partial charge is 0.482 e. The van der Waals surface area contributed by atoms with Gasteiger partial charge in [-0.1, -0.05) is 6.92 Å². The number of oxime groups is 1. The number of hydrogen-bond donors (Lipinski definition) is 1. The van der Waals surface area contributed by atoms with Gasteiger partial charge in [-0.2, -0.15) is 0 Å². The van der Waals surface area contributed by atoms with E-state index in [4.69, 9.17) is 4.74 Å². The van der Waals surface area contributed by atoms with Crippen molar-refractivity contribution in [3.8, 4) is 0 Å². The molecule has 0 aliphatic carbocycles. The molecule has 0 aliphatic rings. The Kier molecular flexibility index (Phi) is 4.89. The summed E-state index contributed by atoms with van der Waals surface area (Å²) in [6.45, 7) is 1.84. The van der Waals surface area contributed by atoms with Gasteiger partial charge in [0.05, 0.1) is 7.11 Å². The average Bonchev–Trinajstić information content (AvgIpc) is 2.06. The van der Waals surface area contributed by atoms with Crippen LogP contribution in [0, 0.1) is 0 Å². The van der Waals surface area contributed by atoms with Crippen molar-refractivity contribution in [3.63, 3.8) is 0 Å². The maximum absolute atomic E-state index is 10.5. The molecular formula is C6H12N2O3. The monoisotopic (exact) mass is 160 g/mol. The van der Waals surface area contributed by atoms with Gasteiger partial charge in [0.1, 0.15) is 0 Å². The lowest BCUT2D eigenvalue weighted by Gasteiger charge is -1.99. The van der Waals surface area contributed by atoms with Crippen molar-refractivity contribution in [2.24, 2.45) is 5.16 Å². The molecule has 0 radical (unpaired) electrons. The van der Waals surface area contributed by atoms with Crippen molar-refractivity contribution >= 4 is 12.0 Å². The first-order valence-corrected chi connectivity index (χ1v) is 3.24. The van der Waals surface area contributed by atoms with Crippen molar-refractivity contribution in [1.29, 1.82) is 0 Å². The van der Waals surface area contributed by atoms with E-state index in [-0.39, 0.29) is 0 Å². The Morgan fingerprint density at radius 2 is 2.27 bits per heavy atom. The van der Waals surface area contributed by atoms with E-state index in [1.807, 2.05) is 6.92 Å². The summed E-state index contributed by atoms with van der Waals surface area (Å²) < 4.78 is 4.74. The smallest absolute Gasteiger partial charge is 0.433 e. The number of carbonyl (C=O) groups excluding carboxylic acids is 1. The molecule has 0 spiro atoms. The van der Waals surface area contributed by atoms with Gasteiger partial charge in [-0.25, -0.2) is 4.79 Å². The molecule has 5 heteroatoms. The molecule has 0 unspecified atom stereocenters. The highest BCUT2D eigenvalue weighted by molar-refractivity contribution is 5.76. The third kappa shape index (κ3) is 4.19. The molecule has 64 valence electrons. The van der Waals surface area contributed by atoms with Gasteiger partial charge < -0.3 is 10.1 Å². The van der Waals surface area contributed by atoms with Gasteiger partial charge in [0, 0.05) is 13.5 Å². The molecule has 0 aromatic rings. The predicted molar refractivity (Wildman–Crippen MR) is 40.3 cm³/mol. The van der Waals surface area contributed by atoms with Crippen LogP contribution in [0.5, 0.6) is 0 Å². The van der Waals surface area contributed by atoms with E-state index < -0.39 is 6.09 Å². The van der Waals surface area contributed by atoms with E-state index in [0.29, 0.717) is 12.3 Å². The molecule has 0 rings (SSSR count). The molecule has 0 fully saturated rings. The van der Waals surface area contributed by atoms with Gasteiger partial charge in [-0.15, -0.1) is 0 Å². The van der Waals surface area contributed by atoms with Crippen LogP contribution in [-0.2, 0) is 9.57 Å². The van der Waals surface area contributed by atoms with E-state index in [2.05, 4.69) is 15.3 Å². The Morgan fingerprint density at radius 1 is 1.64 bits per heavy atom. The highest BCUT2D eigenvalue weighted by Crippen LogP contribution is 1.88. The lowest BCUT2D eigenvalue weighted by atomic mass is 10.5. The number of nitrogens with one attached hydrogen (secondary N) is 1. The van der Waals surface area contributed by atoms with Gasteiger partial charge in [0.2, 0.25) is 5.90 Å². The van der Waals surface area contributed by atoms with Crippen molar-refractivity contribution in [3.05, 3.63) is 0 Å². The maximum Gasteiger partial charge on any atom is 0.433 e. The van der Waals surface area contributed by atoms with Crippen LogP contribution in [0.3, 0.4) is 0 Å². The Bertz CT molecular complexity index is 150. The summed E-state index contributed by atoms with van der Waals surface area (Å²) in [5.74, 6) is 0.383. The molecule has 0 atom stereocenters. The zero-order valence-electron chi connectivity index (χ0n) is 6.88. The molecule has 0 heterocycles. The molecule has 5 nitrogen and oxygen atoms in total. The van der Waals surface area contributed by atoms with Crippen molar-refractivity contribution in [2.45, 2.75) is 13.3 Å². The van der Waals surface area contributed by atoms with E-state index in [9.17, 15) is 4.79 Å². The van der Waals surface area contributed by atoms with Crippen LogP contribution < -0.4 is 5.32 Å². The first-order valence-electron chi connectivity index (χ1n) is 3.24. The Morgan fingerprint density at radius 3 is 2.64 bits per heavy atom. The van der Waals surface area contributed by atoms with Gasteiger partial charge in [-0.3, -0.25) is 4.84 Å². The second kappa shape index (κ2) is 5.52. The number of ether oxygens (including phenoxy) is 1. The van der Waals surface area contributed by atoms with Crippen molar-refractivity contribution in [2.75, 3.05) is 14.2 Å². The number of hydrogen-bond acceptors (Lipinski definition) is 4. The molecule has 0 bridgehead atoms. The lowest BCUT2D eigenvalue weighted by molar-refractivity contribution is 0.148. The van der Waals surface area contributed by atoms with Crippen LogP contribution in [0.15, 0.2) is 5.16 Å². The summed E-state index contributed by atoms with van der Waals surface area (Å²) in [4.78, 5) is 14.8. The predicted octanol–water partition coefficient (Wildman–Crippen LogP) is 0.712. The molecule has 0 aromatic carbocycles. The topological polar surface area (TPSA) is 59.9 Å². The zero-order valence-corrected chi connectivity index (χ0v) is 6.88. The molecule has 11 heavy (non-hydrogen) atoms.